The number of rotatable bonds is 2. The molecule has 3 aliphatic carbocycles. The summed E-state index contributed by atoms with van der Waals surface area (Å²) in [5.74, 6) is -4.17. The maximum Gasteiger partial charge on any atom is 0.250 e. The van der Waals surface area contributed by atoms with Gasteiger partial charge in [0.1, 0.15) is 28.0 Å². The van der Waals surface area contributed by atoms with Crippen LogP contribution in [-0.2, 0) is 11.2 Å². The van der Waals surface area contributed by atoms with Crippen LogP contribution in [0.2, 0.25) is 5.15 Å². The highest BCUT2D eigenvalue weighted by Gasteiger charge is 2.55. The summed E-state index contributed by atoms with van der Waals surface area (Å²) in [4.78, 5) is 29.7. The van der Waals surface area contributed by atoms with E-state index in [2.05, 4.69) is 4.98 Å². The molecule has 34 heavy (non-hydrogen) atoms. The first kappa shape index (κ1) is 22.4. The van der Waals surface area contributed by atoms with E-state index in [0.717, 1.165) is 11.1 Å². The van der Waals surface area contributed by atoms with E-state index in [1.165, 1.54) is 13.0 Å². The van der Waals surface area contributed by atoms with E-state index < -0.39 is 35.0 Å². The summed E-state index contributed by atoms with van der Waals surface area (Å²) in [5.41, 5.74) is 5.37. The normalized spacial score (nSPS) is 28.3. The standard InChI is InChI=1S/C25H23ClN2O6/c1-25(34)20-12(8-16(30)21(25)24(27)33)6-11-7-14-13(10-2-5-17(26)28-9-10)3-4-15(29)19(14)22(31)18(11)23(20)32/h2-5,9,11-12,20,29-30,32,34H,6-8H2,1H3,(H2,27,33). The third-order valence-corrected chi connectivity index (χ3v) is 7.61. The number of primary amides is 1. The molecule has 8 nitrogen and oxygen atoms in total. The van der Waals surface area contributed by atoms with Crippen LogP contribution < -0.4 is 5.73 Å². The number of halogens is 1. The van der Waals surface area contributed by atoms with Gasteiger partial charge in [-0.25, -0.2) is 4.98 Å². The number of nitrogens with zero attached hydrogens (tertiary/aromatic N) is 1. The van der Waals surface area contributed by atoms with E-state index >= 15 is 0 Å². The number of phenols is 1. The number of aliphatic hydroxyl groups excluding tert-OH is 2. The summed E-state index contributed by atoms with van der Waals surface area (Å²) in [5, 5.41) is 43.8. The second-order valence-corrected chi connectivity index (χ2v) is 9.78. The first-order valence-corrected chi connectivity index (χ1v) is 11.3. The molecule has 0 radical (unpaired) electrons. The molecule has 9 heteroatoms. The molecular weight excluding hydrogens is 460 g/mol. The lowest BCUT2D eigenvalue weighted by molar-refractivity contribution is -0.119. The molecule has 0 spiro atoms. The largest absolute Gasteiger partial charge is 0.512 e. The van der Waals surface area contributed by atoms with Crippen molar-refractivity contribution in [2.45, 2.75) is 31.8 Å². The van der Waals surface area contributed by atoms with Crippen molar-refractivity contribution in [3.05, 3.63) is 69.4 Å². The minimum atomic E-state index is -1.96. The van der Waals surface area contributed by atoms with Crippen molar-refractivity contribution in [2.75, 3.05) is 0 Å². The number of benzene rings is 1. The zero-order chi connectivity index (χ0) is 24.5. The quantitative estimate of drug-likeness (QED) is 0.411. The average molecular weight is 483 g/mol. The number of hydrogen-bond acceptors (Lipinski definition) is 7. The van der Waals surface area contributed by atoms with E-state index in [-0.39, 0.29) is 40.4 Å². The van der Waals surface area contributed by atoms with Gasteiger partial charge in [0, 0.05) is 23.8 Å². The molecular formula is C25H23ClN2O6. The van der Waals surface area contributed by atoms with Crippen molar-refractivity contribution < 1.29 is 30.0 Å². The highest BCUT2D eigenvalue weighted by atomic mass is 35.5. The van der Waals surface area contributed by atoms with Crippen LogP contribution in [-0.4, -0.2) is 42.7 Å². The number of fused-ring (bicyclic) bond motifs is 3. The Hall–Kier alpha value is -3.36. The van der Waals surface area contributed by atoms with Crippen LogP contribution in [0.25, 0.3) is 11.1 Å². The summed E-state index contributed by atoms with van der Waals surface area (Å²) in [6.07, 6.45) is 2.37. The van der Waals surface area contributed by atoms with Gasteiger partial charge in [-0.15, -0.1) is 0 Å². The number of aliphatic hydroxyl groups is 3. The van der Waals surface area contributed by atoms with Gasteiger partial charge >= 0.3 is 0 Å². The molecule has 1 amide bonds. The molecule has 4 unspecified atom stereocenters. The molecule has 1 aromatic carbocycles. The van der Waals surface area contributed by atoms with E-state index in [0.29, 0.717) is 23.6 Å². The van der Waals surface area contributed by atoms with Gasteiger partial charge in [-0.3, -0.25) is 9.59 Å². The number of nitrogens with two attached hydrogens (primary N) is 1. The molecule has 176 valence electrons. The molecule has 0 saturated heterocycles. The van der Waals surface area contributed by atoms with Crippen molar-refractivity contribution in [3.63, 3.8) is 0 Å². The number of aromatic nitrogens is 1. The van der Waals surface area contributed by atoms with Crippen molar-refractivity contribution in [2.24, 2.45) is 23.5 Å². The average Bonchev–Trinajstić information content (AvgIpc) is 2.73. The van der Waals surface area contributed by atoms with Crippen LogP contribution in [0.3, 0.4) is 0 Å². The summed E-state index contributed by atoms with van der Waals surface area (Å²) in [6.45, 7) is 1.31. The van der Waals surface area contributed by atoms with Crippen molar-refractivity contribution in [1.29, 1.82) is 0 Å². The molecule has 0 saturated carbocycles. The second kappa shape index (κ2) is 7.58. The molecule has 4 atom stereocenters. The van der Waals surface area contributed by atoms with Crippen molar-refractivity contribution >= 4 is 23.3 Å². The number of pyridine rings is 1. The van der Waals surface area contributed by atoms with E-state index in [1.54, 1.807) is 24.4 Å². The van der Waals surface area contributed by atoms with Crippen molar-refractivity contribution in [1.82, 2.24) is 4.98 Å². The lowest BCUT2D eigenvalue weighted by Crippen LogP contribution is -2.52. The molecule has 5 rings (SSSR count). The monoisotopic (exact) mass is 482 g/mol. The number of ketones is 1. The van der Waals surface area contributed by atoms with Gasteiger partial charge in [0.05, 0.1) is 17.1 Å². The van der Waals surface area contributed by atoms with Crippen LogP contribution in [0.4, 0.5) is 0 Å². The zero-order valence-corrected chi connectivity index (χ0v) is 19.0. The van der Waals surface area contributed by atoms with Crippen LogP contribution in [0, 0.1) is 17.8 Å². The Morgan fingerprint density at radius 2 is 1.91 bits per heavy atom. The summed E-state index contributed by atoms with van der Waals surface area (Å²) in [6, 6.07) is 6.55. The van der Waals surface area contributed by atoms with Gasteiger partial charge in [-0.2, -0.15) is 0 Å². The van der Waals surface area contributed by atoms with Crippen LogP contribution in [0.15, 0.2) is 53.1 Å². The highest BCUT2D eigenvalue weighted by Crippen LogP contribution is 2.54. The zero-order valence-electron chi connectivity index (χ0n) is 18.2. The molecule has 0 fully saturated rings. The van der Waals surface area contributed by atoms with E-state index in [9.17, 15) is 30.0 Å². The van der Waals surface area contributed by atoms with E-state index in [1.807, 2.05) is 0 Å². The first-order valence-electron chi connectivity index (χ1n) is 10.9. The fraction of sp³-hybridized carbons (Fsp3) is 0.320. The SMILES string of the molecule is CC1(O)C(C(N)=O)=C(O)CC2CC3Cc4c(-c5ccc(Cl)nc5)ccc(O)c4C(=O)C3=C(O)C21. The van der Waals surface area contributed by atoms with Crippen LogP contribution >= 0.6 is 11.6 Å². The van der Waals surface area contributed by atoms with Gasteiger partial charge in [-0.1, -0.05) is 17.7 Å². The molecule has 0 aliphatic heterocycles. The number of hydrogen-bond donors (Lipinski definition) is 5. The Kier molecular flexibility index (Phi) is 5.00. The number of carbonyl (C=O) groups excluding carboxylic acids is 2. The van der Waals surface area contributed by atoms with Gasteiger partial charge < -0.3 is 26.2 Å². The predicted octanol–water partition coefficient (Wildman–Crippen LogP) is 3.36. The van der Waals surface area contributed by atoms with Gasteiger partial charge in [0.2, 0.25) is 0 Å². The molecule has 1 aromatic heterocycles. The Morgan fingerprint density at radius 3 is 2.56 bits per heavy atom. The molecule has 3 aliphatic rings. The number of allylic oxidation sites excluding steroid dienone is 2. The fourth-order valence-electron chi connectivity index (χ4n) is 6.11. The summed E-state index contributed by atoms with van der Waals surface area (Å²) in [7, 11) is 0. The lowest BCUT2D eigenvalue weighted by atomic mass is 9.58. The maximum absolute atomic E-state index is 13.6. The Morgan fingerprint density at radius 1 is 1.18 bits per heavy atom. The Labute approximate surface area is 200 Å². The predicted molar refractivity (Wildman–Crippen MR) is 123 cm³/mol. The highest BCUT2D eigenvalue weighted by molar-refractivity contribution is 6.29. The third-order valence-electron chi connectivity index (χ3n) is 7.39. The van der Waals surface area contributed by atoms with Crippen LogP contribution in [0.1, 0.15) is 35.7 Å². The topological polar surface area (TPSA) is 154 Å². The summed E-state index contributed by atoms with van der Waals surface area (Å²) < 4.78 is 0. The van der Waals surface area contributed by atoms with Crippen molar-refractivity contribution in [3.8, 4) is 16.9 Å². The van der Waals surface area contributed by atoms with Crippen LogP contribution in [0.5, 0.6) is 5.75 Å². The fourth-order valence-corrected chi connectivity index (χ4v) is 6.22. The first-order chi connectivity index (χ1) is 16.0. The Balaban J connectivity index is 1.66. The maximum atomic E-state index is 13.6. The van der Waals surface area contributed by atoms with Gasteiger partial charge in [-0.05, 0) is 60.9 Å². The molecule has 2 aromatic rings. The van der Waals surface area contributed by atoms with Gasteiger partial charge in [0.25, 0.3) is 5.91 Å². The minimum Gasteiger partial charge on any atom is -0.512 e. The lowest BCUT2D eigenvalue weighted by Gasteiger charge is -2.48. The van der Waals surface area contributed by atoms with Gasteiger partial charge in [0.15, 0.2) is 5.78 Å². The number of carbonyl (C=O) groups is 2. The summed E-state index contributed by atoms with van der Waals surface area (Å²) >= 11 is 5.92. The molecule has 0 bridgehead atoms. The van der Waals surface area contributed by atoms with E-state index in [4.69, 9.17) is 17.3 Å². The second-order valence-electron chi connectivity index (χ2n) is 9.40. The molecule has 6 N–H and O–H groups in total. The number of amides is 1. The number of aromatic hydroxyl groups is 1. The molecule has 1 heterocycles. The Bertz CT molecular complexity index is 1310. The minimum absolute atomic E-state index is 0.0436. The smallest absolute Gasteiger partial charge is 0.250 e. The third kappa shape index (κ3) is 3.13. The number of Topliss-reactive ketones (excluding diaryl/α,β-unsaturated/α-hetero) is 1. The number of phenolic OH excluding ortho intramolecular Hbond substituents is 1.